The van der Waals surface area contributed by atoms with Crippen LogP contribution in [0.2, 0.25) is 0 Å². The van der Waals surface area contributed by atoms with Crippen LogP contribution in [0.15, 0.2) is 36.5 Å². The first-order chi connectivity index (χ1) is 14.7. The number of amides is 2. The van der Waals surface area contributed by atoms with Gasteiger partial charge in [0.2, 0.25) is 0 Å². The zero-order chi connectivity index (χ0) is 22.2. The van der Waals surface area contributed by atoms with Gasteiger partial charge in [0, 0.05) is 56.8 Å². The number of piperazine rings is 1. The maximum absolute atomic E-state index is 13.4. The predicted octanol–water partition coefficient (Wildman–Crippen LogP) is 4.23. The Morgan fingerprint density at radius 2 is 2.00 bits per heavy atom. The molecule has 3 heterocycles. The van der Waals surface area contributed by atoms with Crippen molar-refractivity contribution in [2.45, 2.75) is 32.0 Å². The van der Waals surface area contributed by atoms with E-state index in [0.717, 1.165) is 36.8 Å². The van der Waals surface area contributed by atoms with E-state index < -0.39 is 11.7 Å². The molecule has 2 amide bonds. The van der Waals surface area contributed by atoms with Gasteiger partial charge in [-0.25, -0.2) is 9.78 Å². The highest BCUT2D eigenvalue weighted by Gasteiger charge is 2.37. The van der Waals surface area contributed by atoms with Gasteiger partial charge in [-0.2, -0.15) is 13.2 Å². The Morgan fingerprint density at radius 1 is 1.19 bits per heavy atom. The standard InChI is InChI=1S/C22H26F3N5O/c1-15-14-29(20-18(22(23,24)25)6-3-9-26-20)11-12-30(15)21(31)27-17-8-7-16-5-4-10-28(2)19(16)13-17/h3,6-9,13,15H,4-5,10-12,14H2,1-2H3,(H,27,31). The van der Waals surface area contributed by atoms with Crippen molar-refractivity contribution in [2.75, 3.05) is 48.3 Å². The molecule has 0 aliphatic carbocycles. The van der Waals surface area contributed by atoms with Crippen LogP contribution >= 0.6 is 0 Å². The van der Waals surface area contributed by atoms with Gasteiger partial charge in [-0.05, 0) is 49.6 Å². The third kappa shape index (κ3) is 4.40. The predicted molar refractivity (Wildman–Crippen MR) is 115 cm³/mol. The number of pyridine rings is 1. The van der Waals surface area contributed by atoms with Crippen LogP contribution < -0.4 is 15.1 Å². The summed E-state index contributed by atoms with van der Waals surface area (Å²) in [6.45, 7) is 3.69. The van der Waals surface area contributed by atoms with Crippen LogP contribution in [-0.2, 0) is 12.6 Å². The summed E-state index contributed by atoms with van der Waals surface area (Å²) in [6.07, 6.45) is -0.966. The second kappa shape index (κ2) is 8.28. The van der Waals surface area contributed by atoms with Crippen molar-refractivity contribution in [3.05, 3.63) is 47.7 Å². The highest BCUT2D eigenvalue weighted by Crippen LogP contribution is 2.36. The zero-order valence-corrected chi connectivity index (χ0v) is 17.6. The van der Waals surface area contributed by atoms with E-state index in [4.69, 9.17) is 0 Å². The number of halogens is 3. The van der Waals surface area contributed by atoms with Gasteiger partial charge in [0.15, 0.2) is 0 Å². The molecule has 1 N–H and O–H groups in total. The summed E-state index contributed by atoms with van der Waals surface area (Å²) in [7, 11) is 2.04. The van der Waals surface area contributed by atoms with Crippen molar-refractivity contribution < 1.29 is 18.0 Å². The van der Waals surface area contributed by atoms with Crippen LogP contribution in [0.25, 0.3) is 0 Å². The lowest BCUT2D eigenvalue weighted by Gasteiger charge is -2.41. The minimum atomic E-state index is -4.47. The Morgan fingerprint density at radius 3 is 2.74 bits per heavy atom. The van der Waals surface area contributed by atoms with Gasteiger partial charge in [-0.15, -0.1) is 0 Å². The Hall–Kier alpha value is -2.97. The van der Waals surface area contributed by atoms with Crippen molar-refractivity contribution in [3.63, 3.8) is 0 Å². The quantitative estimate of drug-likeness (QED) is 0.770. The van der Waals surface area contributed by atoms with E-state index in [1.54, 1.807) is 9.80 Å². The lowest BCUT2D eigenvalue weighted by molar-refractivity contribution is -0.137. The Kier molecular flexibility index (Phi) is 5.68. The number of hydrogen-bond acceptors (Lipinski definition) is 4. The molecule has 1 unspecified atom stereocenters. The van der Waals surface area contributed by atoms with E-state index in [0.29, 0.717) is 6.54 Å². The molecule has 0 bridgehead atoms. The zero-order valence-electron chi connectivity index (χ0n) is 17.6. The highest BCUT2D eigenvalue weighted by molar-refractivity contribution is 5.90. The summed E-state index contributed by atoms with van der Waals surface area (Å²) in [6, 6.07) is 7.74. The number of benzene rings is 1. The lowest BCUT2D eigenvalue weighted by Crippen LogP contribution is -2.55. The number of anilines is 3. The Labute approximate surface area is 179 Å². The summed E-state index contributed by atoms with van der Waals surface area (Å²) >= 11 is 0. The second-order valence-electron chi connectivity index (χ2n) is 8.16. The summed E-state index contributed by atoms with van der Waals surface area (Å²) in [5, 5.41) is 2.95. The van der Waals surface area contributed by atoms with Gasteiger partial charge < -0.3 is 20.0 Å². The molecule has 4 rings (SSSR count). The van der Waals surface area contributed by atoms with Gasteiger partial charge in [0.05, 0.1) is 5.56 Å². The Bertz CT molecular complexity index is 964. The average molecular weight is 433 g/mol. The number of rotatable bonds is 2. The molecule has 6 nitrogen and oxygen atoms in total. The topological polar surface area (TPSA) is 51.7 Å². The first-order valence-corrected chi connectivity index (χ1v) is 10.4. The largest absolute Gasteiger partial charge is 0.419 e. The van der Waals surface area contributed by atoms with E-state index in [-0.39, 0.29) is 31.0 Å². The second-order valence-corrected chi connectivity index (χ2v) is 8.16. The smallest absolute Gasteiger partial charge is 0.374 e. The normalized spacial score (nSPS) is 19.3. The summed E-state index contributed by atoms with van der Waals surface area (Å²) in [5.74, 6) is -0.0837. The third-order valence-electron chi connectivity index (χ3n) is 5.97. The molecule has 9 heteroatoms. The van der Waals surface area contributed by atoms with Crippen LogP contribution in [0.5, 0.6) is 0 Å². The van der Waals surface area contributed by atoms with E-state index in [1.807, 2.05) is 32.2 Å². The molecule has 31 heavy (non-hydrogen) atoms. The number of hydrogen-bond donors (Lipinski definition) is 1. The van der Waals surface area contributed by atoms with Gasteiger partial charge in [0.1, 0.15) is 5.82 Å². The summed E-state index contributed by atoms with van der Waals surface area (Å²) < 4.78 is 40.1. The third-order valence-corrected chi connectivity index (χ3v) is 5.97. The molecule has 166 valence electrons. The van der Waals surface area contributed by atoms with Crippen LogP contribution in [-0.4, -0.2) is 55.2 Å². The number of carbonyl (C=O) groups is 1. The fraction of sp³-hybridized carbons (Fsp3) is 0.455. The summed E-state index contributed by atoms with van der Waals surface area (Å²) in [4.78, 5) is 22.3. The fourth-order valence-electron chi connectivity index (χ4n) is 4.35. The minimum absolute atomic E-state index is 0.0837. The summed E-state index contributed by atoms with van der Waals surface area (Å²) in [5.41, 5.74) is 2.36. The van der Waals surface area contributed by atoms with Gasteiger partial charge in [0.25, 0.3) is 0 Å². The molecule has 1 saturated heterocycles. The van der Waals surface area contributed by atoms with Crippen LogP contribution in [0.1, 0.15) is 24.5 Å². The van der Waals surface area contributed by atoms with E-state index >= 15 is 0 Å². The number of alkyl halides is 3. The molecule has 2 aromatic rings. The van der Waals surface area contributed by atoms with Crippen molar-refractivity contribution in [2.24, 2.45) is 0 Å². The molecular weight excluding hydrogens is 407 g/mol. The number of aryl methyl sites for hydroxylation is 1. The van der Waals surface area contributed by atoms with Crippen molar-refractivity contribution >= 4 is 23.2 Å². The van der Waals surface area contributed by atoms with E-state index in [1.165, 1.54) is 17.8 Å². The van der Waals surface area contributed by atoms with Gasteiger partial charge >= 0.3 is 12.2 Å². The minimum Gasteiger partial charge on any atom is -0.374 e. The average Bonchev–Trinajstić information content (AvgIpc) is 2.73. The van der Waals surface area contributed by atoms with E-state index in [9.17, 15) is 18.0 Å². The molecule has 1 aromatic heterocycles. The molecule has 2 aliphatic rings. The number of urea groups is 1. The van der Waals surface area contributed by atoms with Crippen molar-refractivity contribution in [1.29, 1.82) is 0 Å². The van der Waals surface area contributed by atoms with Crippen LogP contribution in [0, 0.1) is 0 Å². The first kappa shape index (κ1) is 21.3. The number of aromatic nitrogens is 1. The van der Waals surface area contributed by atoms with Crippen molar-refractivity contribution in [1.82, 2.24) is 9.88 Å². The van der Waals surface area contributed by atoms with Gasteiger partial charge in [-0.1, -0.05) is 6.07 Å². The van der Waals surface area contributed by atoms with Gasteiger partial charge in [-0.3, -0.25) is 0 Å². The number of fused-ring (bicyclic) bond motifs is 1. The van der Waals surface area contributed by atoms with Crippen molar-refractivity contribution in [3.8, 4) is 0 Å². The SMILES string of the molecule is CC1CN(c2ncccc2C(F)(F)F)CCN1C(=O)Nc1ccc2c(c1)N(C)CCC2. The first-order valence-electron chi connectivity index (χ1n) is 10.4. The maximum Gasteiger partial charge on any atom is 0.419 e. The van der Waals surface area contributed by atoms with E-state index in [2.05, 4.69) is 15.2 Å². The van der Waals surface area contributed by atoms with Crippen LogP contribution in [0.3, 0.4) is 0 Å². The Balaban J connectivity index is 1.44. The molecule has 0 radical (unpaired) electrons. The van der Waals surface area contributed by atoms with Crippen LogP contribution in [0.4, 0.5) is 35.2 Å². The molecule has 0 saturated carbocycles. The molecular formula is C22H26F3N5O. The number of carbonyl (C=O) groups excluding carboxylic acids is 1. The molecule has 1 aromatic carbocycles. The highest BCUT2D eigenvalue weighted by atomic mass is 19.4. The monoisotopic (exact) mass is 433 g/mol. The molecule has 1 atom stereocenters. The molecule has 0 spiro atoms. The lowest BCUT2D eigenvalue weighted by atomic mass is 10.0. The maximum atomic E-state index is 13.4. The number of nitrogens with one attached hydrogen (secondary N) is 1. The number of nitrogens with zero attached hydrogens (tertiary/aromatic N) is 4. The molecule has 1 fully saturated rings. The fourth-order valence-corrected chi connectivity index (χ4v) is 4.35. The molecule has 2 aliphatic heterocycles.